The van der Waals surface area contributed by atoms with Crippen LogP contribution in [0.3, 0.4) is 0 Å². The van der Waals surface area contributed by atoms with Crippen LogP contribution in [0.1, 0.15) is 108 Å². The number of hydrogen-bond acceptors (Lipinski definition) is 5. The number of aromatic amines is 1. The first-order valence-electron chi connectivity index (χ1n) is 13.6. The number of fused-ring (bicyclic) bond motifs is 2. The lowest BCUT2D eigenvalue weighted by Crippen LogP contribution is -2.36. The summed E-state index contributed by atoms with van der Waals surface area (Å²) in [6.45, 7) is 9.86. The van der Waals surface area contributed by atoms with Crippen molar-refractivity contribution in [2.75, 3.05) is 16.8 Å². The van der Waals surface area contributed by atoms with Gasteiger partial charge in [-0.1, -0.05) is 47.0 Å². The number of hydrogen-bond donors (Lipinski definition) is 2. The van der Waals surface area contributed by atoms with Crippen LogP contribution in [0.4, 0.5) is 17.6 Å². The van der Waals surface area contributed by atoms with Gasteiger partial charge >= 0.3 is 0 Å². The average Bonchev–Trinajstić information content (AvgIpc) is 3.62. The van der Waals surface area contributed by atoms with Gasteiger partial charge in [0.15, 0.2) is 5.82 Å². The largest absolute Gasteiger partial charge is 0.337 e. The Morgan fingerprint density at radius 3 is 2.70 bits per heavy atom. The molecule has 4 fully saturated rings. The Balaban J connectivity index is 0.00000111. The molecule has 2 saturated heterocycles. The van der Waals surface area contributed by atoms with Crippen molar-refractivity contribution in [1.29, 1.82) is 0 Å². The molecule has 2 aromatic rings. The number of nitrogens with zero attached hydrogens (tertiary/aromatic N) is 4. The third-order valence-corrected chi connectivity index (χ3v) is 8.58. The molecule has 2 bridgehead atoms. The SMILES string of the molecule is CC.CCC(C)CC12CC(C1)N(c1nc3c(c(Nc4cc(C5CCCC5)[nH]n4)n1)CCC3)C2. The summed E-state index contributed by atoms with van der Waals surface area (Å²) in [6, 6.07) is 2.84. The van der Waals surface area contributed by atoms with E-state index < -0.39 is 0 Å². The highest BCUT2D eigenvalue weighted by atomic mass is 15.3. The van der Waals surface area contributed by atoms with Gasteiger partial charge in [0.2, 0.25) is 5.95 Å². The van der Waals surface area contributed by atoms with Gasteiger partial charge in [0.25, 0.3) is 0 Å². The molecule has 0 radical (unpaired) electrons. The van der Waals surface area contributed by atoms with Gasteiger partial charge in [-0.3, -0.25) is 5.10 Å². The lowest BCUT2D eigenvalue weighted by Gasteiger charge is -2.38. The first-order chi connectivity index (χ1) is 16.1. The molecule has 6 nitrogen and oxygen atoms in total. The molecule has 1 atom stereocenters. The Labute approximate surface area is 199 Å². The number of anilines is 3. The maximum Gasteiger partial charge on any atom is 0.227 e. The van der Waals surface area contributed by atoms with Crippen LogP contribution in [0.25, 0.3) is 0 Å². The molecule has 6 heteroatoms. The summed E-state index contributed by atoms with van der Waals surface area (Å²) in [5, 5.41) is 11.4. The first-order valence-corrected chi connectivity index (χ1v) is 13.6. The minimum atomic E-state index is 0.508. The molecular weight excluding hydrogens is 408 g/mol. The Morgan fingerprint density at radius 2 is 1.94 bits per heavy atom. The highest BCUT2D eigenvalue weighted by Crippen LogP contribution is 2.56. The zero-order chi connectivity index (χ0) is 23.0. The molecule has 5 aliphatic rings. The molecule has 0 amide bonds. The highest BCUT2D eigenvalue weighted by molar-refractivity contribution is 5.61. The Hall–Kier alpha value is -2.11. The van der Waals surface area contributed by atoms with E-state index >= 15 is 0 Å². The van der Waals surface area contributed by atoms with Crippen LogP contribution in [-0.2, 0) is 12.8 Å². The molecule has 2 aliphatic heterocycles. The lowest BCUT2D eigenvalue weighted by atomic mass is 9.65. The van der Waals surface area contributed by atoms with E-state index in [2.05, 4.69) is 40.3 Å². The molecule has 2 aromatic heterocycles. The fourth-order valence-electron chi connectivity index (χ4n) is 6.75. The van der Waals surface area contributed by atoms with Gasteiger partial charge in [0.1, 0.15) is 5.82 Å². The van der Waals surface area contributed by atoms with Crippen LogP contribution in [0.5, 0.6) is 0 Å². The van der Waals surface area contributed by atoms with Gasteiger partial charge in [0, 0.05) is 35.8 Å². The fraction of sp³-hybridized carbons (Fsp3) is 0.741. The van der Waals surface area contributed by atoms with Crippen LogP contribution >= 0.6 is 0 Å². The van der Waals surface area contributed by atoms with E-state index in [4.69, 9.17) is 9.97 Å². The molecule has 2 N–H and O–H groups in total. The van der Waals surface area contributed by atoms with E-state index in [1.807, 2.05) is 13.8 Å². The lowest BCUT2D eigenvalue weighted by molar-refractivity contribution is 0.152. The summed E-state index contributed by atoms with van der Waals surface area (Å²) < 4.78 is 0. The summed E-state index contributed by atoms with van der Waals surface area (Å²) >= 11 is 0. The van der Waals surface area contributed by atoms with Gasteiger partial charge in [-0.25, -0.2) is 4.98 Å². The number of aromatic nitrogens is 4. The summed E-state index contributed by atoms with van der Waals surface area (Å²) in [5.74, 6) is 4.30. The molecular formula is C27H42N6. The Kier molecular flexibility index (Phi) is 6.37. The minimum absolute atomic E-state index is 0.508. The van der Waals surface area contributed by atoms with Crippen LogP contribution in [0.2, 0.25) is 0 Å². The minimum Gasteiger partial charge on any atom is -0.337 e. The topological polar surface area (TPSA) is 69.7 Å². The quantitative estimate of drug-likeness (QED) is 0.502. The van der Waals surface area contributed by atoms with Gasteiger partial charge in [-0.2, -0.15) is 10.1 Å². The maximum absolute atomic E-state index is 5.09. The van der Waals surface area contributed by atoms with E-state index in [0.29, 0.717) is 17.4 Å². The molecule has 0 aromatic carbocycles. The Morgan fingerprint density at radius 1 is 1.15 bits per heavy atom. The molecule has 7 rings (SSSR count). The van der Waals surface area contributed by atoms with Gasteiger partial charge in [-0.05, 0) is 62.7 Å². The summed E-state index contributed by atoms with van der Waals surface area (Å²) in [7, 11) is 0. The van der Waals surface area contributed by atoms with Crippen molar-refractivity contribution >= 4 is 17.6 Å². The third kappa shape index (κ3) is 4.26. The Bertz CT molecular complexity index is 954. The number of rotatable bonds is 7. The predicted octanol–water partition coefficient (Wildman–Crippen LogP) is 6.52. The molecule has 1 unspecified atom stereocenters. The monoisotopic (exact) mass is 450 g/mol. The van der Waals surface area contributed by atoms with Crippen molar-refractivity contribution < 1.29 is 0 Å². The van der Waals surface area contributed by atoms with E-state index in [9.17, 15) is 0 Å². The molecule has 0 spiro atoms. The fourth-order valence-corrected chi connectivity index (χ4v) is 6.75. The predicted molar refractivity (Wildman–Crippen MR) is 135 cm³/mol. The number of aryl methyl sites for hydroxylation is 1. The molecule has 3 aliphatic carbocycles. The summed E-state index contributed by atoms with van der Waals surface area (Å²) in [6.07, 6.45) is 13.8. The molecule has 2 saturated carbocycles. The molecule has 4 heterocycles. The van der Waals surface area contributed by atoms with E-state index in [1.165, 1.54) is 74.7 Å². The zero-order valence-electron chi connectivity index (χ0n) is 21.1. The normalized spacial score (nSPS) is 26.5. The van der Waals surface area contributed by atoms with Crippen LogP contribution < -0.4 is 10.2 Å². The summed E-state index contributed by atoms with van der Waals surface area (Å²) in [5.41, 5.74) is 4.33. The second-order valence-corrected chi connectivity index (χ2v) is 10.9. The third-order valence-electron chi connectivity index (χ3n) is 8.58. The van der Waals surface area contributed by atoms with Crippen molar-refractivity contribution in [2.24, 2.45) is 11.3 Å². The standard InChI is InChI=1S/C25H36N6.C2H6/c1-3-16(2)12-25-13-18(14-25)31(15-25)24-26-20-10-6-9-19(20)23(28-24)27-22-11-21(29-30-22)17-7-4-5-8-17;1-2/h11,16-18H,3-10,12-15H2,1-2H3,(H2,26,27,28,29,30);1-2H3. The second kappa shape index (κ2) is 9.27. The van der Waals surface area contributed by atoms with Gasteiger partial charge in [-0.15, -0.1) is 0 Å². The highest BCUT2D eigenvalue weighted by Gasteiger charge is 2.55. The molecule has 180 valence electrons. The van der Waals surface area contributed by atoms with Crippen molar-refractivity contribution in [3.05, 3.63) is 23.0 Å². The van der Waals surface area contributed by atoms with Crippen molar-refractivity contribution in [3.63, 3.8) is 0 Å². The first kappa shape index (κ1) is 22.7. The van der Waals surface area contributed by atoms with Gasteiger partial charge in [0.05, 0.1) is 5.69 Å². The van der Waals surface area contributed by atoms with E-state index in [1.54, 1.807) is 0 Å². The van der Waals surface area contributed by atoms with Crippen LogP contribution in [0.15, 0.2) is 6.07 Å². The van der Waals surface area contributed by atoms with Crippen LogP contribution in [-0.4, -0.2) is 32.8 Å². The maximum atomic E-state index is 5.09. The smallest absolute Gasteiger partial charge is 0.227 e. The zero-order valence-corrected chi connectivity index (χ0v) is 21.1. The average molecular weight is 451 g/mol. The summed E-state index contributed by atoms with van der Waals surface area (Å²) in [4.78, 5) is 12.7. The van der Waals surface area contributed by atoms with Crippen LogP contribution in [0, 0.1) is 11.3 Å². The molecule has 33 heavy (non-hydrogen) atoms. The second-order valence-electron chi connectivity index (χ2n) is 10.9. The van der Waals surface area contributed by atoms with E-state index in [0.717, 1.165) is 42.9 Å². The van der Waals surface area contributed by atoms with Gasteiger partial charge < -0.3 is 10.2 Å². The van der Waals surface area contributed by atoms with Crippen molar-refractivity contribution in [2.45, 2.75) is 110 Å². The number of H-pyrrole nitrogens is 1. The van der Waals surface area contributed by atoms with E-state index in [-0.39, 0.29) is 0 Å². The number of nitrogens with one attached hydrogen (secondary N) is 2. The van der Waals surface area contributed by atoms with Crippen molar-refractivity contribution in [3.8, 4) is 0 Å². The van der Waals surface area contributed by atoms with Crippen molar-refractivity contribution in [1.82, 2.24) is 20.2 Å².